The summed E-state index contributed by atoms with van der Waals surface area (Å²) in [5.41, 5.74) is 0. The Morgan fingerprint density at radius 1 is 1.29 bits per heavy atom. The first-order chi connectivity index (χ1) is 10.2. The van der Waals surface area contributed by atoms with Crippen LogP contribution in [0, 0.1) is 0 Å². The monoisotopic (exact) mass is 366 g/mol. The number of hydrogen-bond donors (Lipinski definition) is 1. The molecule has 2 aromatic rings. The molecule has 1 N–H and O–H groups in total. The topological polar surface area (TPSA) is 51.2 Å². The quantitative estimate of drug-likeness (QED) is 0.785. The molecule has 21 heavy (non-hydrogen) atoms. The first-order valence-electron chi connectivity index (χ1n) is 6.44. The van der Waals surface area contributed by atoms with Crippen LogP contribution in [-0.4, -0.2) is 23.3 Å². The predicted molar refractivity (Wildman–Crippen MR) is 88.9 cm³/mol. The molecule has 0 aliphatic rings. The zero-order valence-electron chi connectivity index (χ0n) is 11.5. The molecule has 0 radical (unpaired) electrons. The highest BCUT2D eigenvalue weighted by molar-refractivity contribution is 9.10. The fourth-order valence-corrected chi connectivity index (χ4v) is 2.51. The fraction of sp³-hybridized carbons (Fsp3) is 0.200. The molecule has 0 aliphatic carbocycles. The lowest BCUT2D eigenvalue weighted by Crippen LogP contribution is -2.14. The van der Waals surface area contributed by atoms with E-state index in [-0.39, 0.29) is 5.91 Å². The largest absolute Gasteiger partial charge is 0.494 e. The van der Waals surface area contributed by atoms with Crippen molar-refractivity contribution in [2.24, 2.45) is 0 Å². The number of halogens is 1. The van der Waals surface area contributed by atoms with Crippen molar-refractivity contribution in [3.8, 4) is 5.75 Å². The molecule has 6 heteroatoms. The molecule has 0 spiro atoms. The smallest absolute Gasteiger partial charge is 0.235 e. The molecular formula is C15H15BrN2O2S. The van der Waals surface area contributed by atoms with Gasteiger partial charge in [-0.1, -0.05) is 0 Å². The van der Waals surface area contributed by atoms with Crippen LogP contribution in [0.3, 0.4) is 0 Å². The zero-order chi connectivity index (χ0) is 15.1. The summed E-state index contributed by atoms with van der Waals surface area (Å²) in [6, 6.07) is 11.3. The second-order valence-corrected chi connectivity index (χ2v) is 6.07. The minimum Gasteiger partial charge on any atom is -0.494 e. The molecule has 1 amide bonds. The third-order valence-electron chi connectivity index (χ3n) is 2.50. The molecule has 0 bridgehead atoms. The number of benzene rings is 1. The minimum absolute atomic E-state index is 0.0799. The molecule has 0 aliphatic heterocycles. The Morgan fingerprint density at radius 2 is 2.05 bits per heavy atom. The zero-order valence-corrected chi connectivity index (χ0v) is 13.9. The van der Waals surface area contributed by atoms with Gasteiger partial charge in [-0.3, -0.25) is 4.79 Å². The summed E-state index contributed by atoms with van der Waals surface area (Å²) >= 11 is 4.77. The molecule has 1 aromatic heterocycles. The van der Waals surface area contributed by atoms with Crippen LogP contribution in [0.4, 0.5) is 5.82 Å². The second kappa shape index (κ2) is 8.05. The van der Waals surface area contributed by atoms with Crippen LogP contribution in [0.2, 0.25) is 0 Å². The summed E-state index contributed by atoms with van der Waals surface area (Å²) in [6.45, 7) is 2.60. The van der Waals surface area contributed by atoms with E-state index < -0.39 is 0 Å². The summed E-state index contributed by atoms with van der Waals surface area (Å²) < 4.78 is 6.25. The van der Waals surface area contributed by atoms with Gasteiger partial charge in [0.05, 0.1) is 12.4 Å². The SMILES string of the molecule is CCOc1ccc(SCC(=O)Nc2ccc(Br)cn2)cc1. The van der Waals surface area contributed by atoms with Crippen molar-refractivity contribution < 1.29 is 9.53 Å². The van der Waals surface area contributed by atoms with E-state index in [1.54, 1.807) is 12.3 Å². The van der Waals surface area contributed by atoms with Gasteiger partial charge < -0.3 is 10.1 Å². The fourth-order valence-electron chi connectivity index (χ4n) is 1.58. The Bertz CT molecular complexity index is 588. The number of nitrogens with zero attached hydrogens (tertiary/aromatic N) is 1. The standard InChI is InChI=1S/C15H15BrN2O2S/c1-2-20-12-4-6-13(7-5-12)21-10-15(19)18-14-8-3-11(16)9-17-14/h3-9H,2,10H2,1H3,(H,17,18,19). The molecular weight excluding hydrogens is 352 g/mol. The van der Waals surface area contributed by atoms with Gasteiger partial charge >= 0.3 is 0 Å². The second-order valence-electron chi connectivity index (χ2n) is 4.10. The van der Waals surface area contributed by atoms with Crippen molar-refractivity contribution in [3.05, 3.63) is 47.1 Å². The van der Waals surface area contributed by atoms with Gasteiger partial charge in [-0.05, 0) is 59.3 Å². The first-order valence-corrected chi connectivity index (χ1v) is 8.22. The third-order valence-corrected chi connectivity index (χ3v) is 3.98. The Balaban J connectivity index is 1.81. The van der Waals surface area contributed by atoms with Crippen molar-refractivity contribution in [1.29, 1.82) is 0 Å². The number of thioether (sulfide) groups is 1. The summed E-state index contributed by atoms with van der Waals surface area (Å²) in [7, 11) is 0. The van der Waals surface area contributed by atoms with Gasteiger partial charge in [-0.25, -0.2) is 4.98 Å². The molecule has 4 nitrogen and oxygen atoms in total. The van der Waals surface area contributed by atoms with Crippen molar-refractivity contribution in [2.45, 2.75) is 11.8 Å². The van der Waals surface area contributed by atoms with Gasteiger partial charge in [0.15, 0.2) is 0 Å². The maximum atomic E-state index is 11.8. The number of amides is 1. The van der Waals surface area contributed by atoms with Crippen LogP contribution in [0.5, 0.6) is 5.75 Å². The molecule has 0 saturated heterocycles. The normalized spacial score (nSPS) is 10.2. The average molecular weight is 367 g/mol. The van der Waals surface area contributed by atoms with Crippen molar-refractivity contribution in [1.82, 2.24) is 4.98 Å². The number of anilines is 1. The van der Waals surface area contributed by atoms with Crippen molar-refractivity contribution >= 4 is 39.4 Å². The van der Waals surface area contributed by atoms with E-state index in [9.17, 15) is 4.79 Å². The van der Waals surface area contributed by atoms with Crippen molar-refractivity contribution in [2.75, 3.05) is 17.7 Å². The highest BCUT2D eigenvalue weighted by Crippen LogP contribution is 2.21. The molecule has 1 aromatic carbocycles. The van der Waals surface area contributed by atoms with E-state index in [0.717, 1.165) is 15.1 Å². The minimum atomic E-state index is -0.0799. The summed E-state index contributed by atoms with van der Waals surface area (Å²) in [4.78, 5) is 17.0. The number of hydrogen-bond acceptors (Lipinski definition) is 4. The molecule has 1 heterocycles. The van der Waals surface area contributed by atoms with Crippen LogP contribution in [0.25, 0.3) is 0 Å². The van der Waals surface area contributed by atoms with E-state index in [1.165, 1.54) is 11.8 Å². The third kappa shape index (κ3) is 5.40. The van der Waals surface area contributed by atoms with Gasteiger partial charge in [0.25, 0.3) is 0 Å². The maximum absolute atomic E-state index is 11.8. The van der Waals surface area contributed by atoms with Gasteiger partial charge in [0.1, 0.15) is 11.6 Å². The molecule has 0 unspecified atom stereocenters. The maximum Gasteiger partial charge on any atom is 0.235 e. The number of nitrogens with one attached hydrogen (secondary N) is 1. The number of aromatic nitrogens is 1. The van der Waals surface area contributed by atoms with Gasteiger partial charge in [0, 0.05) is 15.6 Å². The summed E-state index contributed by atoms with van der Waals surface area (Å²) in [6.07, 6.45) is 1.65. The van der Waals surface area contributed by atoms with Crippen molar-refractivity contribution in [3.63, 3.8) is 0 Å². The number of carbonyl (C=O) groups is 1. The average Bonchev–Trinajstić information content (AvgIpc) is 2.49. The molecule has 0 atom stereocenters. The predicted octanol–water partition coefficient (Wildman–Crippen LogP) is 3.97. The van der Waals surface area contributed by atoms with Crippen LogP contribution in [-0.2, 0) is 4.79 Å². The van der Waals surface area contributed by atoms with Gasteiger partial charge in [-0.2, -0.15) is 0 Å². The summed E-state index contributed by atoms with van der Waals surface area (Å²) in [5, 5.41) is 2.75. The van der Waals surface area contributed by atoms with E-state index in [4.69, 9.17) is 4.74 Å². The molecule has 110 valence electrons. The highest BCUT2D eigenvalue weighted by atomic mass is 79.9. The van der Waals surface area contributed by atoms with E-state index in [1.807, 2.05) is 37.3 Å². The lowest BCUT2D eigenvalue weighted by atomic mass is 10.3. The Kier molecular flexibility index (Phi) is 6.07. The Morgan fingerprint density at radius 3 is 2.67 bits per heavy atom. The summed E-state index contributed by atoms with van der Waals surface area (Å²) in [5.74, 6) is 1.65. The molecule has 0 saturated carbocycles. The lowest BCUT2D eigenvalue weighted by Gasteiger charge is -2.06. The van der Waals surface area contributed by atoms with Gasteiger partial charge in [-0.15, -0.1) is 11.8 Å². The van der Waals surface area contributed by atoms with Crippen LogP contribution in [0.15, 0.2) is 52.0 Å². The Labute approximate surface area is 136 Å². The first kappa shape index (κ1) is 15.9. The van der Waals surface area contributed by atoms with Crippen LogP contribution < -0.4 is 10.1 Å². The highest BCUT2D eigenvalue weighted by Gasteiger charge is 2.05. The van der Waals surface area contributed by atoms with E-state index in [0.29, 0.717) is 18.2 Å². The Hall–Kier alpha value is -1.53. The number of rotatable bonds is 6. The van der Waals surface area contributed by atoms with E-state index >= 15 is 0 Å². The number of pyridine rings is 1. The van der Waals surface area contributed by atoms with Crippen LogP contribution in [0.1, 0.15) is 6.92 Å². The molecule has 2 rings (SSSR count). The van der Waals surface area contributed by atoms with Crippen LogP contribution >= 0.6 is 27.7 Å². The van der Waals surface area contributed by atoms with Gasteiger partial charge in [0.2, 0.25) is 5.91 Å². The molecule has 0 fully saturated rings. The van der Waals surface area contributed by atoms with E-state index in [2.05, 4.69) is 26.2 Å². The lowest BCUT2D eigenvalue weighted by molar-refractivity contribution is -0.113. The number of ether oxygens (including phenoxy) is 1. The number of carbonyl (C=O) groups excluding carboxylic acids is 1.